The van der Waals surface area contributed by atoms with Crippen LogP contribution >= 0.6 is 0 Å². The Morgan fingerprint density at radius 3 is 2.42 bits per heavy atom. The standard InChI is InChI=1S/C22H37NO3/c1-2-3-4-5-6-13-26-21-12-11-19-9-7-18(8-10-20(19)14-21)15-22(23,16-24)17-25/h11-12,14,18,24-25H,2-10,13,15-17,23H2,1H3. The number of ether oxygens (including phenoxy) is 1. The van der Waals surface area contributed by atoms with Crippen LogP contribution in [0.5, 0.6) is 5.75 Å². The Morgan fingerprint density at radius 2 is 1.73 bits per heavy atom. The van der Waals surface area contributed by atoms with Gasteiger partial charge in [0.15, 0.2) is 0 Å². The number of nitrogens with two attached hydrogens (primary N) is 1. The van der Waals surface area contributed by atoms with Crippen molar-refractivity contribution in [2.75, 3.05) is 19.8 Å². The first-order chi connectivity index (χ1) is 12.6. The molecule has 148 valence electrons. The Bertz CT molecular complexity index is 528. The number of rotatable bonds is 11. The van der Waals surface area contributed by atoms with E-state index < -0.39 is 5.54 Å². The number of hydrogen-bond acceptors (Lipinski definition) is 4. The first-order valence-electron chi connectivity index (χ1n) is 10.4. The van der Waals surface area contributed by atoms with Crippen LogP contribution in [-0.2, 0) is 12.8 Å². The average molecular weight is 364 g/mol. The summed E-state index contributed by atoms with van der Waals surface area (Å²) in [5.74, 6) is 1.42. The smallest absolute Gasteiger partial charge is 0.119 e. The highest BCUT2D eigenvalue weighted by molar-refractivity contribution is 5.36. The summed E-state index contributed by atoms with van der Waals surface area (Å²) >= 11 is 0. The molecule has 1 atom stereocenters. The molecular weight excluding hydrogens is 326 g/mol. The van der Waals surface area contributed by atoms with Gasteiger partial charge in [0.25, 0.3) is 0 Å². The summed E-state index contributed by atoms with van der Waals surface area (Å²) in [5.41, 5.74) is 8.01. The number of aliphatic hydroxyl groups excluding tert-OH is 2. The van der Waals surface area contributed by atoms with E-state index in [0.717, 1.165) is 44.5 Å². The van der Waals surface area contributed by atoms with E-state index in [-0.39, 0.29) is 13.2 Å². The third-order valence-corrected chi connectivity index (χ3v) is 5.66. The summed E-state index contributed by atoms with van der Waals surface area (Å²) in [6.45, 7) is 2.71. The Hall–Kier alpha value is -1.10. The van der Waals surface area contributed by atoms with Crippen LogP contribution in [0.2, 0.25) is 0 Å². The molecule has 4 N–H and O–H groups in total. The average Bonchev–Trinajstić information content (AvgIpc) is 2.86. The quantitative estimate of drug-likeness (QED) is 0.415. The third kappa shape index (κ3) is 6.57. The van der Waals surface area contributed by atoms with Crippen LogP contribution in [0.25, 0.3) is 0 Å². The number of benzene rings is 1. The van der Waals surface area contributed by atoms with Crippen LogP contribution in [0.4, 0.5) is 0 Å². The lowest BCUT2D eigenvalue weighted by atomic mass is 9.85. The molecule has 0 aromatic heterocycles. The van der Waals surface area contributed by atoms with Gasteiger partial charge < -0.3 is 20.7 Å². The molecule has 0 amide bonds. The molecule has 1 aliphatic rings. The maximum absolute atomic E-state index is 9.45. The predicted octanol–water partition coefficient (Wildman–Crippen LogP) is 3.60. The van der Waals surface area contributed by atoms with Crippen LogP contribution in [0.15, 0.2) is 18.2 Å². The van der Waals surface area contributed by atoms with Gasteiger partial charge >= 0.3 is 0 Å². The third-order valence-electron chi connectivity index (χ3n) is 5.66. The van der Waals surface area contributed by atoms with Crippen molar-refractivity contribution in [3.05, 3.63) is 29.3 Å². The molecule has 4 heteroatoms. The van der Waals surface area contributed by atoms with Crippen LogP contribution in [0.1, 0.15) is 69.4 Å². The maximum atomic E-state index is 9.45. The van der Waals surface area contributed by atoms with Gasteiger partial charge in [0.1, 0.15) is 5.75 Å². The minimum absolute atomic E-state index is 0.163. The number of unbranched alkanes of at least 4 members (excludes halogenated alkanes) is 4. The zero-order valence-corrected chi connectivity index (χ0v) is 16.4. The molecule has 2 rings (SSSR count). The lowest BCUT2D eigenvalue weighted by Crippen LogP contribution is -2.48. The summed E-state index contributed by atoms with van der Waals surface area (Å²) < 4.78 is 5.95. The van der Waals surface area contributed by atoms with Crippen LogP contribution in [0.3, 0.4) is 0 Å². The van der Waals surface area contributed by atoms with E-state index in [4.69, 9.17) is 10.5 Å². The van der Waals surface area contributed by atoms with Gasteiger partial charge in [0.05, 0.1) is 25.4 Å². The highest BCUT2D eigenvalue weighted by atomic mass is 16.5. The molecule has 4 nitrogen and oxygen atoms in total. The fourth-order valence-corrected chi connectivity index (χ4v) is 3.89. The van der Waals surface area contributed by atoms with Crippen molar-refractivity contribution in [1.82, 2.24) is 0 Å². The number of aryl methyl sites for hydroxylation is 2. The molecule has 26 heavy (non-hydrogen) atoms. The Kier molecular flexibility index (Phi) is 8.89. The summed E-state index contributed by atoms with van der Waals surface area (Å²) in [5, 5.41) is 18.9. The second kappa shape index (κ2) is 10.9. The van der Waals surface area contributed by atoms with Gasteiger partial charge in [-0.15, -0.1) is 0 Å². The minimum Gasteiger partial charge on any atom is -0.494 e. The first-order valence-corrected chi connectivity index (χ1v) is 10.4. The molecule has 1 aliphatic carbocycles. The zero-order valence-electron chi connectivity index (χ0n) is 16.4. The van der Waals surface area contributed by atoms with E-state index >= 15 is 0 Å². The highest BCUT2D eigenvalue weighted by Gasteiger charge is 2.28. The molecule has 0 radical (unpaired) electrons. The van der Waals surface area contributed by atoms with Crippen molar-refractivity contribution >= 4 is 0 Å². The molecule has 0 heterocycles. The largest absolute Gasteiger partial charge is 0.494 e. The fraction of sp³-hybridized carbons (Fsp3) is 0.727. The fourth-order valence-electron chi connectivity index (χ4n) is 3.89. The van der Waals surface area contributed by atoms with E-state index in [2.05, 4.69) is 25.1 Å². The molecule has 1 aromatic rings. The molecule has 0 fully saturated rings. The number of hydrogen-bond donors (Lipinski definition) is 3. The first kappa shape index (κ1) is 21.2. The van der Waals surface area contributed by atoms with Crippen molar-refractivity contribution in [2.24, 2.45) is 11.7 Å². The van der Waals surface area contributed by atoms with Crippen molar-refractivity contribution in [2.45, 2.75) is 76.7 Å². The SMILES string of the molecule is CCCCCCCOc1ccc2c(c1)CCC(CC(N)(CO)CO)CC2. The van der Waals surface area contributed by atoms with Gasteiger partial charge in [-0.3, -0.25) is 0 Å². The molecule has 0 spiro atoms. The Balaban J connectivity index is 1.84. The molecule has 0 saturated heterocycles. The minimum atomic E-state index is -0.854. The van der Waals surface area contributed by atoms with Crippen molar-refractivity contribution in [1.29, 1.82) is 0 Å². The van der Waals surface area contributed by atoms with E-state index in [1.807, 2.05) is 0 Å². The molecule has 0 aliphatic heterocycles. The van der Waals surface area contributed by atoms with Crippen molar-refractivity contribution < 1.29 is 14.9 Å². The monoisotopic (exact) mass is 363 g/mol. The second-order valence-electron chi connectivity index (χ2n) is 8.02. The molecule has 0 bridgehead atoms. The molecule has 1 unspecified atom stereocenters. The highest BCUT2D eigenvalue weighted by Crippen LogP contribution is 2.31. The lowest BCUT2D eigenvalue weighted by molar-refractivity contribution is 0.0978. The second-order valence-corrected chi connectivity index (χ2v) is 8.02. The van der Waals surface area contributed by atoms with Crippen LogP contribution < -0.4 is 10.5 Å². The van der Waals surface area contributed by atoms with E-state index in [1.54, 1.807) is 0 Å². The molecule has 1 aromatic carbocycles. The summed E-state index contributed by atoms with van der Waals surface area (Å²) in [4.78, 5) is 0. The molecule has 0 saturated carbocycles. The van der Waals surface area contributed by atoms with Crippen molar-refractivity contribution in [3.8, 4) is 5.75 Å². The Morgan fingerprint density at radius 1 is 1.04 bits per heavy atom. The van der Waals surface area contributed by atoms with Crippen LogP contribution in [-0.4, -0.2) is 35.6 Å². The molecular formula is C22H37NO3. The van der Waals surface area contributed by atoms with Crippen molar-refractivity contribution in [3.63, 3.8) is 0 Å². The zero-order chi connectivity index (χ0) is 18.8. The normalized spacial score (nSPS) is 17.6. The van der Waals surface area contributed by atoms with Crippen LogP contribution in [0, 0.1) is 5.92 Å². The summed E-state index contributed by atoms with van der Waals surface area (Å²) in [6, 6.07) is 6.51. The lowest BCUT2D eigenvalue weighted by Gasteiger charge is -2.29. The van der Waals surface area contributed by atoms with E-state index in [1.165, 1.54) is 36.8 Å². The Labute approximate surface area is 158 Å². The van der Waals surface area contributed by atoms with E-state index in [9.17, 15) is 10.2 Å². The van der Waals surface area contributed by atoms with E-state index in [0.29, 0.717) is 12.3 Å². The predicted molar refractivity (Wildman–Crippen MR) is 107 cm³/mol. The van der Waals surface area contributed by atoms with Gasteiger partial charge in [-0.2, -0.15) is 0 Å². The topological polar surface area (TPSA) is 75.7 Å². The van der Waals surface area contributed by atoms with Gasteiger partial charge in [-0.25, -0.2) is 0 Å². The maximum Gasteiger partial charge on any atom is 0.119 e. The van der Waals surface area contributed by atoms with Gasteiger partial charge in [0, 0.05) is 0 Å². The van der Waals surface area contributed by atoms with Gasteiger partial charge in [0.2, 0.25) is 0 Å². The van der Waals surface area contributed by atoms with Gasteiger partial charge in [-0.05, 0) is 67.7 Å². The number of fused-ring (bicyclic) bond motifs is 1. The summed E-state index contributed by atoms with van der Waals surface area (Å²) in [6.07, 6.45) is 11.1. The van der Waals surface area contributed by atoms with Gasteiger partial charge in [-0.1, -0.05) is 38.7 Å². The number of aliphatic hydroxyl groups is 2. The summed E-state index contributed by atoms with van der Waals surface area (Å²) in [7, 11) is 0.